The van der Waals surface area contributed by atoms with Crippen molar-refractivity contribution < 1.29 is 9.59 Å². The molecular formula is C31H48N2O2. The fourth-order valence-corrected chi connectivity index (χ4v) is 12.4. The number of piperidine rings is 1. The molecule has 8 rings (SSSR count). The molecule has 8 atom stereocenters. The minimum Gasteiger partial charge on any atom is -0.352 e. The van der Waals surface area contributed by atoms with Gasteiger partial charge in [0.05, 0.1) is 0 Å². The van der Waals surface area contributed by atoms with Crippen molar-refractivity contribution in [1.82, 2.24) is 10.2 Å². The molecule has 7 aliphatic carbocycles. The molecule has 4 heteroatoms. The second-order valence-corrected chi connectivity index (χ2v) is 15.4. The molecule has 7 saturated carbocycles. The molecule has 8 fully saturated rings. The quantitative estimate of drug-likeness (QED) is 0.543. The van der Waals surface area contributed by atoms with E-state index in [0.717, 1.165) is 54.8 Å². The molecule has 1 heterocycles. The number of nitrogens with zero attached hydrogens (tertiary/aromatic N) is 1. The summed E-state index contributed by atoms with van der Waals surface area (Å²) in [5.41, 5.74) is 0.479. The molecule has 0 radical (unpaired) electrons. The van der Waals surface area contributed by atoms with Gasteiger partial charge in [0, 0.05) is 31.0 Å². The van der Waals surface area contributed by atoms with E-state index in [0.29, 0.717) is 29.8 Å². The maximum Gasteiger partial charge on any atom is 0.226 e. The van der Waals surface area contributed by atoms with E-state index in [9.17, 15) is 9.59 Å². The molecule has 4 nitrogen and oxygen atoms in total. The summed E-state index contributed by atoms with van der Waals surface area (Å²) in [5, 5.41) is 3.77. The Morgan fingerprint density at radius 1 is 0.886 bits per heavy atom. The number of fused-ring (bicyclic) bond motifs is 5. The van der Waals surface area contributed by atoms with Crippen molar-refractivity contribution in [3.63, 3.8) is 0 Å². The maximum atomic E-state index is 14.0. The smallest absolute Gasteiger partial charge is 0.226 e. The third-order valence-corrected chi connectivity index (χ3v) is 13.8. The summed E-state index contributed by atoms with van der Waals surface area (Å²) in [5.74, 6) is 6.13. The normalized spacial score (nSPS) is 56.4. The topological polar surface area (TPSA) is 49.4 Å². The lowest BCUT2D eigenvalue weighted by Crippen LogP contribution is -2.64. The minimum absolute atomic E-state index is 0.0293. The first-order valence-corrected chi connectivity index (χ1v) is 15.2. The Hall–Kier alpha value is -1.06. The highest BCUT2D eigenvalue weighted by Crippen LogP contribution is 2.66. The monoisotopic (exact) mass is 480 g/mol. The van der Waals surface area contributed by atoms with Crippen molar-refractivity contribution in [2.75, 3.05) is 7.05 Å². The van der Waals surface area contributed by atoms with E-state index in [1.165, 1.54) is 64.2 Å². The van der Waals surface area contributed by atoms with Crippen molar-refractivity contribution in [1.29, 1.82) is 0 Å². The SMILES string of the molecule is CC1CC2N(C)C(=O)CC[C@]2(C)[C@@H]2CC[C@]3(C)C(NC(=O)C45CC6CC(CC(C6)C4)C5)CC[C@H]3[C@H]12. The molecule has 0 aromatic carbocycles. The third kappa shape index (κ3) is 3.09. The van der Waals surface area contributed by atoms with E-state index in [2.05, 4.69) is 38.0 Å². The fourth-order valence-electron chi connectivity index (χ4n) is 12.4. The zero-order valence-corrected chi connectivity index (χ0v) is 22.7. The van der Waals surface area contributed by atoms with Crippen molar-refractivity contribution in [3.8, 4) is 0 Å². The van der Waals surface area contributed by atoms with Crippen LogP contribution >= 0.6 is 0 Å². The molecule has 0 aromatic heterocycles. The van der Waals surface area contributed by atoms with Crippen LogP contribution < -0.4 is 5.32 Å². The number of likely N-dealkylation sites (tertiary alicyclic amines) is 1. The Morgan fingerprint density at radius 3 is 2.17 bits per heavy atom. The summed E-state index contributed by atoms with van der Waals surface area (Å²) >= 11 is 0. The summed E-state index contributed by atoms with van der Waals surface area (Å²) in [4.78, 5) is 28.6. The number of amides is 2. The summed E-state index contributed by atoms with van der Waals surface area (Å²) in [6.45, 7) is 7.55. The van der Waals surface area contributed by atoms with Gasteiger partial charge >= 0.3 is 0 Å². The molecule has 4 bridgehead atoms. The van der Waals surface area contributed by atoms with Crippen molar-refractivity contribution in [2.24, 2.45) is 57.7 Å². The Morgan fingerprint density at radius 2 is 1.51 bits per heavy atom. The van der Waals surface area contributed by atoms with Crippen molar-refractivity contribution in [3.05, 3.63) is 0 Å². The van der Waals surface area contributed by atoms with E-state index in [1.54, 1.807) is 0 Å². The lowest BCUT2D eigenvalue weighted by Gasteiger charge is -2.63. The van der Waals surface area contributed by atoms with Crippen LogP contribution in [0.25, 0.3) is 0 Å². The number of hydrogen-bond donors (Lipinski definition) is 1. The molecular weight excluding hydrogens is 432 g/mol. The van der Waals surface area contributed by atoms with Gasteiger partial charge in [-0.3, -0.25) is 9.59 Å². The molecule has 1 aliphatic heterocycles. The minimum atomic E-state index is -0.0293. The fraction of sp³-hybridized carbons (Fsp3) is 0.935. The largest absolute Gasteiger partial charge is 0.352 e. The predicted molar refractivity (Wildman–Crippen MR) is 137 cm³/mol. The lowest BCUT2D eigenvalue weighted by molar-refractivity contribution is -0.166. The highest BCUT2D eigenvalue weighted by Gasteiger charge is 2.63. The first-order valence-electron chi connectivity index (χ1n) is 15.2. The van der Waals surface area contributed by atoms with Crippen LogP contribution in [0.3, 0.4) is 0 Å². The summed E-state index contributed by atoms with van der Waals surface area (Å²) in [7, 11) is 2.07. The number of hydrogen-bond acceptors (Lipinski definition) is 2. The van der Waals surface area contributed by atoms with E-state index < -0.39 is 0 Å². The summed E-state index contributed by atoms with van der Waals surface area (Å²) in [6.07, 6.45) is 15.7. The molecule has 3 unspecified atom stereocenters. The number of carbonyl (C=O) groups is 2. The first kappa shape index (κ1) is 23.1. The van der Waals surface area contributed by atoms with Gasteiger partial charge in [-0.2, -0.15) is 0 Å². The standard InChI is InChI=1S/C31H48N2O2/c1-18-11-25-30(3,10-8-26(34)33(25)4)23-7-9-29(2)22(27(18)23)5-6-24(29)32-28(35)31-15-19-12-20(16-31)14-21(13-19)17-31/h18-25,27H,5-17H2,1-4H3,(H,32,35)/t18?,19?,20?,21?,22-,23+,24?,25?,27-,29-,30+,31?/m0/s1. The zero-order chi connectivity index (χ0) is 24.3. The summed E-state index contributed by atoms with van der Waals surface area (Å²) < 4.78 is 0. The Labute approximate surface area is 212 Å². The molecule has 8 aliphatic rings. The van der Waals surface area contributed by atoms with Crippen LogP contribution in [0.2, 0.25) is 0 Å². The highest BCUT2D eigenvalue weighted by molar-refractivity contribution is 5.83. The highest BCUT2D eigenvalue weighted by atomic mass is 16.2. The average Bonchev–Trinajstić information content (AvgIpc) is 3.13. The van der Waals surface area contributed by atoms with Crippen LogP contribution in [0.5, 0.6) is 0 Å². The van der Waals surface area contributed by atoms with Gasteiger partial charge in [-0.15, -0.1) is 0 Å². The molecule has 35 heavy (non-hydrogen) atoms. The van der Waals surface area contributed by atoms with Crippen LogP contribution in [0.1, 0.15) is 104 Å². The van der Waals surface area contributed by atoms with Gasteiger partial charge in [-0.25, -0.2) is 0 Å². The van der Waals surface area contributed by atoms with Gasteiger partial charge in [0.1, 0.15) is 0 Å². The van der Waals surface area contributed by atoms with Crippen LogP contribution in [-0.4, -0.2) is 35.8 Å². The van der Waals surface area contributed by atoms with Gasteiger partial charge < -0.3 is 10.2 Å². The van der Waals surface area contributed by atoms with E-state index in [-0.39, 0.29) is 16.2 Å². The maximum absolute atomic E-state index is 14.0. The van der Waals surface area contributed by atoms with Crippen molar-refractivity contribution in [2.45, 2.75) is 116 Å². The molecule has 1 saturated heterocycles. The van der Waals surface area contributed by atoms with Gasteiger partial charge in [0.15, 0.2) is 0 Å². The predicted octanol–water partition coefficient (Wildman–Crippen LogP) is 5.80. The third-order valence-electron chi connectivity index (χ3n) is 13.8. The van der Waals surface area contributed by atoms with Gasteiger partial charge in [0.2, 0.25) is 11.8 Å². The Balaban J connectivity index is 1.12. The van der Waals surface area contributed by atoms with Gasteiger partial charge in [0.25, 0.3) is 0 Å². The van der Waals surface area contributed by atoms with Crippen LogP contribution in [0.15, 0.2) is 0 Å². The molecule has 1 N–H and O–H groups in total. The second-order valence-electron chi connectivity index (χ2n) is 15.4. The van der Waals surface area contributed by atoms with Gasteiger partial charge in [-0.05, 0) is 129 Å². The molecule has 0 spiro atoms. The number of nitrogens with one attached hydrogen (secondary N) is 1. The number of carbonyl (C=O) groups excluding carboxylic acids is 2. The van der Waals surface area contributed by atoms with Crippen molar-refractivity contribution >= 4 is 11.8 Å². The van der Waals surface area contributed by atoms with Crippen LogP contribution in [-0.2, 0) is 9.59 Å². The molecule has 194 valence electrons. The van der Waals surface area contributed by atoms with E-state index in [1.807, 2.05) is 0 Å². The number of rotatable bonds is 2. The zero-order valence-electron chi connectivity index (χ0n) is 22.7. The second kappa shape index (κ2) is 7.50. The molecule has 0 aromatic rings. The molecule has 2 amide bonds. The summed E-state index contributed by atoms with van der Waals surface area (Å²) in [6, 6.07) is 0.777. The van der Waals surface area contributed by atoms with E-state index >= 15 is 0 Å². The Bertz CT molecular complexity index is 894. The first-order chi connectivity index (χ1) is 16.6. The van der Waals surface area contributed by atoms with Gasteiger partial charge in [-0.1, -0.05) is 20.8 Å². The Kier molecular flexibility index (Phi) is 4.95. The average molecular weight is 481 g/mol. The van der Waals surface area contributed by atoms with Crippen LogP contribution in [0.4, 0.5) is 0 Å². The van der Waals surface area contributed by atoms with Crippen LogP contribution in [0, 0.1) is 57.7 Å². The van der Waals surface area contributed by atoms with E-state index in [4.69, 9.17) is 0 Å². The lowest BCUT2D eigenvalue weighted by atomic mass is 9.45.